The Morgan fingerprint density at radius 1 is 0.824 bits per heavy atom. The standard InChI is InChI=1S/C25H21ClN2O.BF4/c26-19-8-13-24-22(16-19)23(17-25(29-24)18-6-2-1-3-7-18)27-20-9-11-21(12-10-20)28-14-4-5-15-28;2-1(3,4)5/h1-3,6-13,16-17H,4-5,14-15H2;/q;-1/p+1. The fraction of sp³-hybridized carbons (Fsp3) is 0.160. The highest BCUT2D eigenvalue weighted by atomic mass is 35.5. The van der Waals surface area contributed by atoms with Gasteiger partial charge < -0.3 is 26.6 Å². The molecule has 0 unspecified atom stereocenters. The maximum Gasteiger partial charge on any atom is 0.673 e. The molecule has 3 nitrogen and oxygen atoms in total. The predicted octanol–water partition coefficient (Wildman–Crippen LogP) is 5.97. The van der Waals surface area contributed by atoms with Crippen molar-refractivity contribution in [2.45, 2.75) is 12.8 Å². The molecule has 0 spiro atoms. The molecule has 4 aromatic rings. The number of rotatable bonds is 3. The number of hydrogen-bond acceptors (Lipinski definition) is 2. The third-order valence-corrected chi connectivity index (χ3v) is 5.64. The van der Waals surface area contributed by atoms with Crippen LogP contribution >= 0.6 is 11.6 Å². The van der Waals surface area contributed by atoms with Crippen LogP contribution in [0.5, 0.6) is 0 Å². The molecule has 0 aliphatic carbocycles. The number of hydrogen-bond donors (Lipinski definition) is 1. The monoisotopic (exact) mass is 488 g/mol. The van der Waals surface area contributed by atoms with Crippen molar-refractivity contribution in [3.63, 3.8) is 0 Å². The second-order valence-electron chi connectivity index (χ2n) is 7.89. The summed E-state index contributed by atoms with van der Waals surface area (Å²) in [5, 5.41) is 2.62. The van der Waals surface area contributed by atoms with E-state index < -0.39 is 7.25 Å². The van der Waals surface area contributed by atoms with Gasteiger partial charge in [0.05, 0.1) is 11.5 Å². The van der Waals surface area contributed by atoms with E-state index in [0.29, 0.717) is 5.02 Å². The lowest BCUT2D eigenvalue weighted by Gasteiger charge is -2.16. The Balaban J connectivity index is 0.000000499. The lowest BCUT2D eigenvalue weighted by molar-refractivity contribution is -0.400. The summed E-state index contributed by atoms with van der Waals surface area (Å²) < 4.78 is 45.2. The fourth-order valence-electron chi connectivity index (χ4n) is 3.89. The van der Waals surface area contributed by atoms with E-state index in [4.69, 9.17) is 16.0 Å². The average molecular weight is 489 g/mol. The zero-order valence-corrected chi connectivity index (χ0v) is 18.9. The van der Waals surface area contributed by atoms with Gasteiger partial charge in [0.15, 0.2) is 0 Å². The van der Waals surface area contributed by atoms with Crippen LogP contribution in [0.25, 0.3) is 22.3 Å². The van der Waals surface area contributed by atoms with Gasteiger partial charge in [-0.15, -0.1) is 0 Å². The molecule has 0 radical (unpaired) electrons. The summed E-state index contributed by atoms with van der Waals surface area (Å²) >= 11 is 6.27. The molecule has 1 fully saturated rings. The zero-order chi connectivity index (χ0) is 24.1. The lowest BCUT2D eigenvalue weighted by atomic mass is 10.1. The number of halogens is 5. The maximum atomic E-state index is 9.75. The van der Waals surface area contributed by atoms with E-state index in [9.17, 15) is 17.3 Å². The number of nitrogens with one attached hydrogen (secondary N) is 1. The molecule has 1 aliphatic heterocycles. The van der Waals surface area contributed by atoms with Crippen LogP contribution in [0.1, 0.15) is 12.8 Å². The summed E-state index contributed by atoms with van der Waals surface area (Å²) in [5.41, 5.74) is 4.16. The molecule has 1 aromatic heterocycles. The van der Waals surface area contributed by atoms with E-state index in [2.05, 4.69) is 46.3 Å². The number of anilines is 1. The van der Waals surface area contributed by atoms with E-state index in [1.54, 1.807) is 0 Å². The minimum absolute atomic E-state index is 0.688. The third-order valence-electron chi connectivity index (χ3n) is 5.40. The van der Waals surface area contributed by atoms with E-state index in [1.165, 1.54) is 18.5 Å². The van der Waals surface area contributed by atoms with Crippen molar-refractivity contribution >= 4 is 41.2 Å². The molecule has 0 saturated carbocycles. The molecule has 0 bridgehead atoms. The first-order valence-corrected chi connectivity index (χ1v) is 11.3. The van der Waals surface area contributed by atoms with Crippen LogP contribution in [0, 0.1) is 0 Å². The van der Waals surface area contributed by atoms with Gasteiger partial charge in [0.2, 0.25) is 11.0 Å². The van der Waals surface area contributed by atoms with Gasteiger partial charge in [0, 0.05) is 41.5 Å². The van der Waals surface area contributed by atoms with Crippen molar-refractivity contribution in [1.29, 1.82) is 0 Å². The van der Waals surface area contributed by atoms with Crippen molar-refractivity contribution in [2.75, 3.05) is 18.0 Å². The first-order chi connectivity index (χ1) is 16.3. The van der Waals surface area contributed by atoms with Crippen molar-refractivity contribution in [3.05, 3.63) is 89.2 Å². The van der Waals surface area contributed by atoms with Crippen LogP contribution < -0.4 is 15.2 Å². The Morgan fingerprint density at radius 3 is 2.12 bits per heavy atom. The van der Waals surface area contributed by atoms with E-state index in [0.717, 1.165) is 46.4 Å². The Bertz CT molecular complexity index is 1310. The third kappa shape index (κ3) is 6.41. The Labute approximate surface area is 199 Å². The molecule has 176 valence electrons. The SMILES string of the molecule is Clc1ccc2oc(-c3ccccc3)cc(=[NH+]c3ccc(N4CCCC4)cc3)c2c1.F[B-](F)(F)F. The normalized spacial score (nSPS) is 14.3. The molecule has 1 saturated heterocycles. The van der Waals surface area contributed by atoms with Gasteiger partial charge in [0.1, 0.15) is 11.3 Å². The van der Waals surface area contributed by atoms with Gasteiger partial charge in [-0.3, -0.25) is 0 Å². The number of benzene rings is 3. The van der Waals surface area contributed by atoms with Gasteiger partial charge in [-0.1, -0.05) is 41.9 Å². The molecular weight excluding hydrogens is 467 g/mol. The second kappa shape index (κ2) is 10.3. The van der Waals surface area contributed by atoms with Crippen LogP contribution in [0.2, 0.25) is 5.02 Å². The molecule has 0 atom stereocenters. The van der Waals surface area contributed by atoms with Crippen molar-refractivity contribution in [1.82, 2.24) is 0 Å². The van der Waals surface area contributed by atoms with Gasteiger partial charge in [-0.05, 0) is 43.2 Å². The summed E-state index contributed by atoms with van der Waals surface area (Å²) in [6.07, 6.45) is 2.56. The Hall–Kier alpha value is -3.26. The smallest absolute Gasteiger partial charge is 0.456 e. The fourth-order valence-corrected chi connectivity index (χ4v) is 4.07. The molecule has 3 aromatic carbocycles. The molecule has 2 heterocycles. The first-order valence-electron chi connectivity index (χ1n) is 10.9. The quantitative estimate of drug-likeness (QED) is 0.285. The maximum absolute atomic E-state index is 9.75. The highest BCUT2D eigenvalue weighted by molar-refractivity contribution is 6.50. The highest BCUT2D eigenvalue weighted by Gasteiger charge is 2.20. The van der Waals surface area contributed by atoms with Gasteiger partial charge in [0.25, 0.3) is 0 Å². The Kier molecular flexibility index (Phi) is 7.27. The molecule has 9 heteroatoms. The summed E-state index contributed by atoms with van der Waals surface area (Å²) in [6.45, 7) is 2.30. The van der Waals surface area contributed by atoms with Gasteiger partial charge >= 0.3 is 7.25 Å². The summed E-state index contributed by atoms with van der Waals surface area (Å²) in [5.74, 6) is 0.816. The molecule has 34 heavy (non-hydrogen) atoms. The second-order valence-corrected chi connectivity index (χ2v) is 8.33. The molecule has 1 N–H and O–H groups in total. The van der Waals surface area contributed by atoms with Crippen LogP contribution in [-0.2, 0) is 0 Å². The van der Waals surface area contributed by atoms with Crippen LogP contribution in [0.3, 0.4) is 0 Å². The Morgan fingerprint density at radius 2 is 1.47 bits per heavy atom. The van der Waals surface area contributed by atoms with Crippen molar-refractivity contribution in [3.8, 4) is 11.3 Å². The molecule has 1 aliphatic rings. The van der Waals surface area contributed by atoms with Crippen LogP contribution in [0.4, 0.5) is 28.6 Å². The van der Waals surface area contributed by atoms with E-state index in [1.807, 2.05) is 42.5 Å². The van der Waals surface area contributed by atoms with Gasteiger partial charge in [-0.2, -0.15) is 0 Å². The first kappa shape index (κ1) is 23.9. The van der Waals surface area contributed by atoms with Gasteiger partial charge in [-0.25, -0.2) is 4.99 Å². The largest absolute Gasteiger partial charge is 0.673 e. The van der Waals surface area contributed by atoms with Crippen LogP contribution in [-0.4, -0.2) is 20.3 Å². The van der Waals surface area contributed by atoms with Crippen LogP contribution in [0.15, 0.2) is 83.3 Å². The topological polar surface area (TPSA) is 30.4 Å². The number of nitrogens with zero attached hydrogens (tertiary/aromatic N) is 1. The number of fused-ring (bicyclic) bond motifs is 1. The lowest BCUT2D eigenvalue weighted by Crippen LogP contribution is -2.70. The average Bonchev–Trinajstić information content (AvgIpc) is 3.34. The minimum atomic E-state index is -6.00. The predicted molar refractivity (Wildman–Crippen MR) is 128 cm³/mol. The van der Waals surface area contributed by atoms with E-state index in [-0.39, 0.29) is 0 Å². The zero-order valence-electron chi connectivity index (χ0n) is 18.2. The summed E-state index contributed by atoms with van der Waals surface area (Å²) in [4.78, 5) is 6.00. The highest BCUT2D eigenvalue weighted by Crippen LogP contribution is 2.24. The molecule has 5 rings (SSSR count). The molecular formula is C25H22BClF4N2O. The van der Waals surface area contributed by atoms with Crippen molar-refractivity contribution in [2.24, 2.45) is 0 Å². The summed E-state index contributed by atoms with van der Waals surface area (Å²) in [7, 11) is -6.00. The summed E-state index contributed by atoms with van der Waals surface area (Å²) in [6, 6.07) is 26.5. The minimum Gasteiger partial charge on any atom is -0.456 e. The van der Waals surface area contributed by atoms with E-state index >= 15 is 0 Å². The molecule has 0 amide bonds. The van der Waals surface area contributed by atoms with Crippen molar-refractivity contribution < 1.29 is 26.7 Å².